The monoisotopic (exact) mass is 662 g/mol. The molecule has 4 unspecified atom stereocenters. The van der Waals surface area contributed by atoms with E-state index in [-0.39, 0.29) is 12.1 Å². The third kappa shape index (κ3) is 9.10. The number of pyridine rings is 1. The first-order valence-corrected chi connectivity index (χ1v) is 17.0. The number of carbonyl (C=O) groups excluding carboxylic acids is 1. The first-order chi connectivity index (χ1) is 23.1. The maximum Gasteiger partial charge on any atom is 0.314 e. The van der Waals surface area contributed by atoms with Gasteiger partial charge in [0, 0.05) is 43.1 Å². The van der Waals surface area contributed by atoms with E-state index in [0.717, 1.165) is 62.8 Å². The van der Waals surface area contributed by atoms with Crippen molar-refractivity contribution in [3.05, 3.63) is 82.7 Å². The van der Waals surface area contributed by atoms with Gasteiger partial charge in [-0.05, 0) is 104 Å². The largest absolute Gasteiger partial charge is 0.490 e. The topological polar surface area (TPSA) is 176 Å². The second kappa shape index (κ2) is 16.2. The SMILES string of the molecule is Cc1cc(CNC2(c3cnccc3-c3ccccc3OC3CC3)CC2)c(C)cc1CCCCNC(=O)NCC(O)C(O)C(O)C(O)CO. The molecule has 260 valence electrons. The van der Waals surface area contributed by atoms with Gasteiger partial charge < -0.3 is 46.2 Å². The quantitative estimate of drug-likeness (QED) is 0.0953. The number of nitrogens with one attached hydrogen (secondary N) is 3. The number of unbranched alkanes of at least 4 members (excludes halogenated alkanes) is 1. The smallest absolute Gasteiger partial charge is 0.314 e. The van der Waals surface area contributed by atoms with Gasteiger partial charge in [-0.3, -0.25) is 4.98 Å². The van der Waals surface area contributed by atoms with Crippen molar-refractivity contribution in [1.29, 1.82) is 0 Å². The molecule has 2 saturated carbocycles. The summed E-state index contributed by atoms with van der Waals surface area (Å²) in [6.07, 6.45) is 4.51. The maximum absolute atomic E-state index is 12.1. The van der Waals surface area contributed by atoms with Crippen LogP contribution in [0.25, 0.3) is 11.1 Å². The fourth-order valence-electron chi connectivity index (χ4n) is 6.08. The fourth-order valence-corrected chi connectivity index (χ4v) is 6.08. The molecule has 3 aromatic rings. The van der Waals surface area contributed by atoms with Crippen LogP contribution in [0.1, 0.15) is 66.3 Å². The lowest BCUT2D eigenvalue weighted by molar-refractivity contribution is -0.113. The van der Waals surface area contributed by atoms with Crippen LogP contribution in [-0.4, -0.2) is 86.8 Å². The van der Waals surface area contributed by atoms with E-state index < -0.39 is 37.1 Å². The van der Waals surface area contributed by atoms with Crippen LogP contribution in [0.15, 0.2) is 54.9 Å². The van der Waals surface area contributed by atoms with Crippen LogP contribution >= 0.6 is 0 Å². The molecule has 0 saturated heterocycles. The average Bonchev–Trinajstić information content (AvgIpc) is 4.04. The van der Waals surface area contributed by atoms with E-state index in [1.807, 2.05) is 18.5 Å². The number of para-hydroxylation sites is 1. The molecule has 8 N–H and O–H groups in total. The molecule has 2 fully saturated rings. The van der Waals surface area contributed by atoms with Gasteiger partial charge in [-0.15, -0.1) is 0 Å². The van der Waals surface area contributed by atoms with E-state index in [9.17, 15) is 25.2 Å². The van der Waals surface area contributed by atoms with Gasteiger partial charge in [-0.2, -0.15) is 0 Å². The molecule has 0 radical (unpaired) electrons. The highest BCUT2D eigenvalue weighted by Crippen LogP contribution is 2.50. The summed E-state index contributed by atoms with van der Waals surface area (Å²) >= 11 is 0. The molecule has 48 heavy (non-hydrogen) atoms. The number of aliphatic hydroxyl groups is 5. The van der Waals surface area contributed by atoms with Gasteiger partial charge >= 0.3 is 6.03 Å². The third-order valence-electron chi connectivity index (χ3n) is 9.45. The normalized spacial score (nSPS) is 17.6. The highest BCUT2D eigenvalue weighted by molar-refractivity contribution is 5.75. The summed E-state index contributed by atoms with van der Waals surface area (Å²) in [5, 5.41) is 56.8. The lowest BCUT2D eigenvalue weighted by Gasteiger charge is -2.25. The lowest BCUT2D eigenvalue weighted by atomic mass is 9.93. The molecule has 11 heteroatoms. The van der Waals surface area contributed by atoms with Gasteiger partial charge in [-0.1, -0.05) is 30.3 Å². The average molecular weight is 663 g/mol. The first-order valence-electron chi connectivity index (χ1n) is 17.0. The van der Waals surface area contributed by atoms with Gasteiger partial charge in [0.2, 0.25) is 0 Å². The number of urea groups is 1. The number of aliphatic hydroxyl groups excluding tert-OH is 5. The van der Waals surface area contributed by atoms with Crippen molar-refractivity contribution in [2.75, 3.05) is 19.7 Å². The zero-order valence-electron chi connectivity index (χ0n) is 27.9. The number of carbonyl (C=O) groups is 1. The Labute approximate surface area is 282 Å². The summed E-state index contributed by atoms with van der Waals surface area (Å²) in [7, 11) is 0. The molecule has 2 aliphatic rings. The van der Waals surface area contributed by atoms with Crippen LogP contribution in [0.2, 0.25) is 0 Å². The van der Waals surface area contributed by atoms with Crippen molar-refractivity contribution < 1.29 is 35.1 Å². The second-order valence-corrected chi connectivity index (χ2v) is 13.3. The molecular weight excluding hydrogens is 612 g/mol. The Bertz CT molecular complexity index is 1530. The highest BCUT2D eigenvalue weighted by atomic mass is 16.5. The molecule has 0 aliphatic heterocycles. The fraction of sp³-hybridized carbons (Fsp3) is 0.514. The van der Waals surface area contributed by atoms with E-state index in [4.69, 9.17) is 9.84 Å². The van der Waals surface area contributed by atoms with Crippen molar-refractivity contribution in [1.82, 2.24) is 20.9 Å². The standard InChI is InChI=1S/C37H50N4O7/c1-23-18-26(24(2)17-25(23)7-5-6-15-39-36(47)40-21-31(43)34(45)35(46)32(44)22-42)19-41-37(13-14-37)30-20-38-16-12-28(30)29-8-3-4-9-33(29)48-27-10-11-27/h3-4,8-9,12,16-18,20,27,31-32,34-35,41-46H,5-7,10-11,13-15,19,21-22H2,1-2H3,(H2,39,40,47). The lowest BCUT2D eigenvalue weighted by Crippen LogP contribution is -2.50. The molecule has 2 aliphatic carbocycles. The number of aryl methyl sites for hydroxylation is 3. The Hall–Kier alpha value is -3.58. The summed E-state index contributed by atoms with van der Waals surface area (Å²) in [6.45, 7) is 4.40. The van der Waals surface area contributed by atoms with Crippen LogP contribution in [0.3, 0.4) is 0 Å². The Balaban J connectivity index is 1.09. The van der Waals surface area contributed by atoms with Crippen LogP contribution < -0.4 is 20.7 Å². The Morgan fingerprint density at radius 2 is 1.65 bits per heavy atom. The molecule has 0 spiro atoms. The summed E-state index contributed by atoms with van der Waals surface area (Å²) < 4.78 is 6.26. The number of ether oxygens (including phenoxy) is 1. The molecule has 2 amide bonds. The Morgan fingerprint density at radius 3 is 2.38 bits per heavy atom. The minimum Gasteiger partial charge on any atom is -0.490 e. The molecule has 4 atom stereocenters. The van der Waals surface area contributed by atoms with Crippen molar-refractivity contribution >= 4 is 6.03 Å². The summed E-state index contributed by atoms with van der Waals surface area (Å²) in [4.78, 5) is 16.6. The number of hydrogen-bond acceptors (Lipinski definition) is 9. The minimum absolute atomic E-state index is 0.115. The Kier molecular flexibility index (Phi) is 12.1. The number of nitrogens with zero attached hydrogens (tertiary/aromatic N) is 1. The van der Waals surface area contributed by atoms with Crippen LogP contribution in [-0.2, 0) is 18.5 Å². The van der Waals surface area contributed by atoms with Crippen molar-refractivity contribution in [2.45, 2.75) is 101 Å². The van der Waals surface area contributed by atoms with Gasteiger partial charge in [0.1, 0.15) is 24.1 Å². The minimum atomic E-state index is -1.73. The predicted octanol–water partition coefficient (Wildman–Crippen LogP) is 2.74. The van der Waals surface area contributed by atoms with Gasteiger partial charge in [0.15, 0.2) is 0 Å². The highest BCUT2D eigenvalue weighted by Gasteiger charge is 2.46. The van der Waals surface area contributed by atoms with Gasteiger partial charge in [-0.25, -0.2) is 4.79 Å². The van der Waals surface area contributed by atoms with Gasteiger partial charge in [0.25, 0.3) is 0 Å². The molecule has 1 heterocycles. The number of amides is 2. The van der Waals surface area contributed by atoms with E-state index in [0.29, 0.717) is 12.6 Å². The maximum atomic E-state index is 12.1. The van der Waals surface area contributed by atoms with E-state index in [1.54, 1.807) is 0 Å². The van der Waals surface area contributed by atoms with E-state index >= 15 is 0 Å². The molecule has 1 aromatic heterocycles. The molecule has 5 rings (SSSR count). The third-order valence-corrected chi connectivity index (χ3v) is 9.45. The second-order valence-electron chi connectivity index (χ2n) is 13.3. The number of rotatable bonds is 18. The molecule has 2 aromatic carbocycles. The van der Waals surface area contributed by atoms with Crippen LogP contribution in [0, 0.1) is 13.8 Å². The molecular formula is C37H50N4O7. The van der Waals surface area contributed by atoms with Gasteiger partial charge in [0.05, 0.1) is 18.8 Å². The Morgan fingerprint density at radius 1 is 0.938 bits per heavy atom. The van der Waals surface area contributed by atoms with Crippen molar-refractivity contribution in [3.63, 3.8) is 0 Å². The summed E-state index contributed by atoms with van der Waals surface area (Å²) in [5.74, 6) is 0.940. The molecule has 0 bridgehead atoms. The summed E-state index contributed by atoms with van der Waals surface area (Å²) in [6, 6.07) is 14.5. The zero-order chi connectivity index (χ0) is 34.3. The van der Waals surface area contributed by atoms with Crippen LogP contribution in [0.5, 0.6) is 5.75 Å². The van der Waals surface area contributed by atoms with Crippen molar-refractivity contribution in [2.24, 2.45) is 0 Å². The first kappa shape index (κ1) is 35.7. The zero-order valence-corrected chi connectivity index (χ0v) is 27.9. The molecule has 11 nitrogen and oxygen atoms in total. The summed E-state index contributed by atoms with van der Waals surface area (Å²) in [5.41, 5.74) is 8.43. The predicted molar refractivity (Wildman–Crippen MR) is 182 cm³/mol. The van der Waals surface area contributed by atoms with E-state index in [1.165, 1.54) is 33.4 Å². The van der Waals surface area contributed by atoms with Crippen LogP contribution in [0.4, 0.5) is 4.79 Å². The van der Waals surface area contributed by atoms with E-state index in [2.05, 4.69) is 71.2 Å². The number of aromatic nitrogens is 1. The van der Waals surface area contributed by atoms with Crippen molar-refractivity contribution in [3.8, 4) is 16.9 Å². The number of benzene rings is 2. The number of hydrogen-bond donors (Lipinski definition) is 8.